The largest absolute Gasteiger partial charge is 0.484 e. The second-order valence-corrected chi connectivity index (χ2v) is 11.3. The molecule has 1 atom stereocenters. The maximum atomic E-state index is 13.8. The minimum absolute atomic E-state index is 0.0612. The molecule has 3 aromatic rings. The maximum absolute atomic E-state index is 13.8. The molecular formula is C30H33BrCl2N2O3. The summed E-state index contributed by atoms with van der Waals surface area (Å²) in [5, 5.41) is 3.86. The van der Waals surface area contributed by atoms with Crippen molar-refractivity contribution in [2.45, 2.75) is 46.7 Å². The van der Waals surface area contributed by atoms with Gasteiger partial charge in [0.25, 0.3) is 5.91 Å². The minimum Gasteiger partial charge on any atom is -0.484 e. The lowest BCUT2D eigenvalue weighted by Gasteiger charge is -2.32. The van der Waals surface area contributed by atoms with Gasteiger partial charge in [-0.15, -0.1) is 0 Å². The van der Waals surface area contributed by atoms with E-state index < -0.39 is 6.04 Å². The minimum atomic E-state index is -0.798. The third-order valence-electron chi connectivity index (χ3n) is 6.12. The highest BCUT2D eigenvalue weighted by molar-refractivity contribution is 9.10. The maximum Gasteiger partial charge on any atom is 0.261 e. The van der Waals surface area contributed by atoms with Crippen LogP contribution in [0.15, 0.2) is 65.1 Å². The number of halogens is 3. The molecule has 3 aromatic carbocycles. The number of hydrogen-bond donors (Lipinski definition) is 1. The summed E-state index contributed by atoms with van der Waals surface area (Å²) in [6.45, 7) is 8.28. The lowest BCUT2D eigenvalue weighted by atomic mass is 10.0. The molecule has 0 heterocycles. The summed E-state index contributed by atoms with van der Waals surface area (Å²) in [6, 6.07) is 17.8. The van der Waals surface area contributed by atoms with E-state index in [1.165, 1.54) is 4.90 Å². The van der Waals surface area contributed by atoms with Gasteiger partial charge >= 0.3 is 0 Å². The zero-order chi connectivity index (χ0) is 27.8. The van der Waals surface area contributed by atoms with Gasteiger partial charge in [0.05, 0.1) is 0 Å². The summed E-state index contributed by atoms with van der Waals surface area (Å²) < 4.78 is 6.93. The number of nitrogens with zero attached hydrogens (tertiary/aromatic N) is 1. The molecule has 0 aliphatic heterocycles. The smallest absolute Gasteiger partial charge is 0.261 e. The van der Waals surface area contributed by atoms with Gasteiger partial charge in [0.1, 0.15) is 11.8 Å². The van der Waals surface area contributed by atoms with Crippen LogP contribution in [0, 0.1) is 19.8 Å². The second-order valence-electron chi connectivity index (χ2n) is 9.73. The first-order valence-electron chi connectivity index (χ1n) is 12.5. The fourth-order valence-electron chi connectivity index (χ4n) is 4.05. The molecule has 3 rings (SSSR count). The lowest BCUT2D eigenvalue weighted by molar-refractivity contribution is -0.142. The van der Waals surface area contributed by atoms with Crippen LogP contribution >= 0.6 is 39.1 Å². The summed E-state index contributed by atoms with van der Waals surface area (Å²) in [4.78, 5) is 28.8. The molecule has 202 valence electrons. The first-order chi connectivity index (χ1) is 18.1. The molecule has 8 heteroatoms. The summed E-state index contributed by atoms with van der Waals surface area (Å²) >= 11 is 16.5. The molecule has 0 fully saturated rings. The summed E-state index contributed by atoms with van der Waals surface area (Å²) in [5.74, 6) is 0.246. The van der Waals surface area contributed by atoms with Crippen LogP contribution in [0.1, 0.15) is 36.1 Å². The molecule has 0 spiro atoms. The first-order valence-corrected chi connectivity index (χ1v) is 14.0. The third kappa shape index (κ3) is 8.23. The first kappa shape index (κ1) is 30.0. The molecule has 0 aromatic heterocycles. The van der Waals surface area contributed by atoms with Crippen LogP contribution in [-0.2, 0) is 22.6 Å². The molecule has 0 aliphatic carbocycles. The highest BCUT2D eigenvalue weighted by atomic mass is 79.9. The second kappa shape index (κ2) is 14.0. The number of carbonyl (C=O) groups is 2. The number of aryl methyl sites for hydroxylation is 2. The predicted octanol–water partition coefficient (Wildman–Crippen LogP) is 7.16. The molecule has 0 saturated carbocycles. The SMILES string of the molecule is Cc1cc(OCC(=O)N(Cc2c(Cl)cccc2Cl)C(Cc2ccccc2)C(=O)NCC(C)C)cc(C)c1Br. The quantitative estimate of drug-likeness (QED) is 0.248. The number of benzene rings is 3. The lowest BCUT2D eigenvalue weighted by Crippen LogP contribution is -2.52. The van der Waals surface area contributed by atoms with E-state index in [1.54, 1.807) is 18.2 Å². The van der Waals surface area contributed by atoms with Crippen LogP contribution in [0.4, 0.5) is 0 Å². The molecule has 1 unspecified atom stereocenters. The fraction of sp³-hybridized carbons (Fsp3) is 0.333. The van der Waals surface area contributed by atoms with Crippen molar-refractivity contribution >= 4 is 50.9 Å². The van der Waals surface area contributed by atoms with E-state index in [4.69, 9.17) is 27.9 Å². The number of nitrogens with one attached hydrogen (secondary N) is 1. The van der Waals surface area contributed by atoms with Crippen LogP contribution in [0.5, 0.6) is 5.75 Å². The monoisotopic (exact) mass is 618 g/mol. The Bertz CT molecular complexity index is 1220. The molecule has 1 N–H and O–H groups in total. The Labute approximate surface area is 243 Å². The van der Waals surface area contributed by atoms with Crippen molar-refractivity contribution in [2.75, 3.05) is 13.2 Å². The van der Waals surface area contributed by atoms with Crippen LogP contribution in [0.2, 0.25) is 10.0 Å². The highest BCUT2D eigenvalue weighted by Gasteiger charge is 2.31. The van der Waals surface area contributed by atoms with E-state index in [9.17, 15) is 9.59 Å². The van der Waals surface area contributed by atoms with Crippen molar-refractivity contribution in [2.24, 2.45) is 5.92 Å². The number of amides is 2. The standard InChI is InChI=1S/C30H33BrCl2N2O3/c1-19(2)16-34-30(37)27(15-22-9-6-5-7-10-22)35(17-24-25(32)11-8-12-26(24)33)28(36)18-38-23-13-20(3)29(31)21(4)14-23/h5-14,19,27H,15-18H2,1-4H3,(H,34,37). The summed E-state index contributed by atoms with van der Waals surface area (Å²) in [5.41, 5.74) is 3.51. The van der Waals surface area contributed by atoms with Crippen molar-refractivity contribution in [1.29, 1.82) is 0 Å². The van der Waals surface area contributed by atoms with E-state index in [0.717, 1.165) is 21.2 Å². The van der Waals surface area contributed by atoms with E-state index in [2.05, 4.69) is 21.2 Å². The molecule has 2 amide bonds. The van der Waals surface area contributed by atoms with E-state index in [1.807, 2.05) is 70.2 Å². The van der Waals surface area contributed by atoms with Crippen molar-refractivity contribution in [3.05, 3.63) is 97.4 Å². The van der Waals surface area contributed by atoms with Gasteiger partial charge in [-0.3, -0.25) is 9.59 Å². The Hall–Kier alpha value is -2.54. The average Bonchev–Trinajstić information content (AvgIpc) is 2.88. The molecule has 0 saturated heterocycles. The molecule has 0 aliphatic rings. The Morgan fingerprint density at radius 2 is 1.58 bits per heavy atom. The molecule has 38 heavy (non-hydrogen) atoms. The predicted molar refractivity (Wildman–Crippen MR) is 158 cm³/mol. The molecule has 0 radical (unpaired) electrons. The highest BCUT2D eigenvalue weighted by Crippen LogP contribution is 2.28. The molecule has 0 bridgehead atoms. The van der Waals surface area contributed by atoms with Gasteiger partial charge in [-0.1, -0.05) is 89.4 Å². The van der Waals surface area contributed by atoms with Crippen molar-refractivity contribution in [3.63, 3.8) is 0 Å². The Kier molecular flexibility index (Phi) is 11.1. The topological polar surface area (TPSA) is 58.6 Å². The van der Waals surface area contributed by atoms with E-state index in [-0.39, 0.29) is 30.9 Å². The van der Waals surface area contributed by atoms with Gasteiger partial charge in [-0.2, -0.15) is 0 Å². The van der Waals surface area contributed by atoms with Crippen LogP contribution in [0.3, 0.4) is 0 Å². The van der Waals surface area contributed by atoms with Gasteiger partial charge in [0.15, 0.2) is 6.61 Å². The van der Waals surface area contributed by atoms with Crippen LogP contribution in [0.25, 0.3) is 0 Å². The number of carbonyl (C=O) groups excluding carboxylic acids is 2. The van der Waals surface area contributed by atoms with Gasteiger partial charge in [0, 0.05) is 39.6 Å². The molecular weight excluding hydrogens is 587 g/mol. The van der Waals surface area contributed by atoms with Gasteiger partial charge in [-0.25, -0.2) is 0 Å². The fourth-order valence-corrected chi connectivity index (χ4v) is 4.79. The van der Waals surface area contributed by atoms with Crippen molar-refractivity contribution in [1.82, 2.24) is 10.2 Å². The van der Waals surface area contributed by atoms with Gasteiger partial charge < -0.3 is 15.0 Å². The van der Waals surface area contributed by atoms with E-state index >= 15 is 0 Å². The summed E-state index contributed by atoms with van der Waals surface area (Å²) in [7, 11) is 0. The normalized spacial score (nSPS) is 11.8. The van der Waals surface area contributed by atoms with Gasteiger partial charge in [-0.05, 0) is 60.7 Å². The molecule has 5 nitrogen and oxygen atoms in total. The van der Waals surface area contributed by atoms with Gasteiger partial charge in [0.2, 0.25) is 5.91 Å². The summed E-state index contributed by atoms with van der Waals surface area (Å²) in [6.07, 6.45) is 0.328. The van der Waals surface area contributed by atoms with Crippen LogP contribution < -0.4 is 10.1 Å². The number of hydrogen-bond acceptors (Lipinski definition) is 3. The third-order valence-corrected chi connectivity index (χ3v) is 8.08. The Morgan fingerprint density at radius 3 is 2.16 bits per heavy atom. The Balaban J connectivity index is 1.96. The average molecular weight is 620 g/mol. The zero-order valence-corrected chi connectivity index (χ0v) is 25.2. The van der Waals surface area contributed by atoms with E-state index in [0.29, 0.717) is 34.3 Å². The Morgan fingerprint density at radius 1 is 0.974 bits per heavy atom. The van der Waals surface area contributed by atoms with Crippen molar-refractivity contribution < 1.29 is 14.3 Å². The van der Waals surface area contributed by atoms with Crippen molar-refractivity contribution in [3.8, 4) is 5.75 Å². The number of ether oxygens (including phenoxy) is 1. The van der Waals surface area contributed by atoms with Crippen LogP contribution in [-0.4, -0.2) is 35.9 Å². The number of rotatable bonds is 11. The zero-order valence-electron chi connectivity index (χ0n) is 22.1.